The first-order valence-corrected chi connectivity index (χ1v) is 32.1. The Hall–Kier alpha value is -2.63. The molecule has 0 fully saturated rings. The number of carbonyl (C=O) groups excluding carboxylic acids is 3. The first-order valence-electron chi connectivity index (χ1n) is 32.1. The van der Waals surface area contributed by atoms with E-state index >= 15 is 0 Å². The summed E-state index contributed by atoms with van der Waals surface area (Å²) in [6.07, 6.45) is 76.9. The summed E-state index contributed by atoms with van der Waals surface area (Å²) in [7, 11) is 0. The van der Waals surface area contributed by atoms with Crippen molar-refractivity contribution in [2.75, 3.05) is 13.2 Å². The summed E-state index contributed by atoms with van der Waals surface area (Å²) in [6, 6.07) is 0. The van der Waals surface area contributed by atoms with Gasteiger partial charge in [0.2, 0.25) is 0 Å². The third kappa shape index (κ3) is 60.1. The molecule has 0 saturated heterocycles. The zero-order chi connectivity index (χ0) is 52.9. The van der Waals surface area contributed by atoms with Gasteiger partial charge in [0.15, 0.2) is 6.10 Å². The summed E-state index contributed by atoms with van der Waals surface area (Å²) in [6.45, 7) is 6.66. The summed E-state index contributed by atoms with van der Waals surface area (Å²) in [4.78, 5) is 38.2. The van der Waals surface area contributed by atoms with Crippen LogP contribution in [0.3, 0.4) is 0 Å². The summed E-state index contributed by atoms with van der Waals surface area (Å²) in [5.74, 6) is -0.860. The van der Waals surface area contributed by atoms with Gasteiger partial charge < -0.3 is 14.2 Å². The van der Waals surface area contributed by atoms with Crippen LogP contribution in [0.2, 0.25) is 0 Å². The van der Waals surface area contributed by atoms with Gasteiger partial charge in [0.25, 0.3) is 0 Å². The standard InChI is InChI=1S/C67H122O6/c1-4-7-10-13-16-19-22-24-26-28-29-30-31-32-33-34-35-36-37-39-40-42-45-48-51-54-57-60-66(69)72-63-64(62-71-65(68)59-56-53-50-47-44-21-18-15-12-9-6-3)73-67(70)61-58-55-52-49-46-43-41-38-27-25-23-20-17-14-11-8-5-2/h22,24-25,27-29,31-32,64H,4-21,23,26,30,33-63H2,1-3H3/b24-22-,27-25-,29-28-,32-31-. The van der Waals surface area contributed by atoms with Crippen molar-refractivity contribution in [2.24, 2.45) is 0 Å². The van der Waals surface area contributed by atoms with Crippen LogP contribution in [-0.2, 0) is 28.6 Å². The van der Waals surface area contributed by atoms with Gasteiger partial charge >= 0.3 is 17.9 Å². The number of ether oxygens (including phenoxy) is 3. The van der Waals surface area contributed by atoms with Gasteiger partial charge in [-0.2, -0.15) is 0 Å². The fourth-order valence-corrected chi connectivity index (χ4v) is 9.45. The van der Waals surface area contributed by atoms with Crippen LogP contribution >= 0.6 is 0 Å². The fraction of sp³-hybridized carbons (Fsp3) is 0.836. The SMILES string of the molecule is CCCCCCC/C=C\C/C=C\C/C=C\CCCCCCCCCCCCCCC(=O)OCC(COC(=O)CCCCCCCCCCCCC)OC(=O)CCCCCCCCC/C=C\CCCCCCCC. The molecule has 0 radical (unpaired) electrons. The molecule has 0 aromatic carbocycles. The highest BCUT2D eigenvalue weighted by Gasteiger charge is 2.19. The second-order valence-electron chi connectivity index (χ2n) is 21.7. The molecule has 0 N–H and O–H groups in total. The smallest absolute Gasteiger partial charge is 0.306 e. The molecule has 6 nitrogen and oxygen atoms in total. The van der Waals surface area contributed by atoms with Gasteiger partial charge in [-0.1, -0.05) is 288 Å². The molecular weight excluding hydrogens is 901 g/mol. The van der Waals surface area contributed by atoms with Gasteiger partial charge in [0.05, 0.1) is 0 Å². The van der Waals surface area contributed by atoms with Crippen molar-refractivity contribution >= 4 is 17.9 Å². The van der Waals surface area contributed by atoms with E-state index in [4.69, 9.17) is 14.2 Å². The molecule has 0 aliphatic rings. The molecule has 0 aromatic rings. The molecule has 0 heterocycles. The van der Waals surface area contributed by atoms with Crippen LogP contribution in [-0.4, -0.2) is 37.2 Å². The third-order valence-electron chi connectivity index (χ3n) is 14.3. The van der Waals surface area contributed by atoms with Gasteiger partial charge in [-0.05, 0) is 83.5 Å². The van der Waals surface area contributed by atoms with Crippen LogP contribution in [0.4, 0.5) is 0 Å². The highest BCUT2D eigenvalue weighted by molar-refractivity contribution is 5.71. The Morgan fingerprint density at radius 1 is 0.274 bits per heavy atom. The van der Waals surface area contributed by atoms with Crippen molar-refractivity contribution < 1.29 is 28.6 Å². The Morgan fingerprint density at radius 3 is 0.781 bits per heavy atom. The lowest BCUT2D eigenvalue weighted by Gasteiger charge is -2.18. The quantitative estimate of drug-likeness (QED) is 0.0261. The molecule has 6 heteroatoms. The van der Waals surface area contributed by atoms with Crippen molar-refractivity contribution in [3.63, 3.8) is 0 Å². The number of unbranched alkanes of at least 4 members (excludes halogenated alkanes) is 40. The fourth-order valence-electron chi connectivity index (χ4n) is 9.45. The van der Waals surface area contributed by atoms with E-state index in [9.17, 15) is 14.4 Å². The number of hydrogen-bond donors (Lipinski definition) is 0. The van der Waals surface area contributed by atoms with Gasteiger partial charge in [-0.3, -0.25) is 14.4 Å². The molecule has 0 saturated carbocycles. The van der Waals surface area contributed by atoms with E-state index in [0.29, 0.717) is 19.3 Å². The predicted molar refractivity (Wildman–Crippen MR) is 316 cm³/mol. The van der Waals surface area contributed by atoms with Gasteiger partial charge in [0, 0.05) is 19.3 Å². The molecule has 0 aromatic heterocycles. The molecule has 0 rings (SSSR count). The maximum atomic E-state index is 12.9. The zero-order valence-corrected chi connectivity index (χ0v) is 48.9. The molecule has 1 atom stereocenters. The number of carbonyl (C=O) groups is 3. The van der Waals surface area contributed by atoms with Gasteiger partial charge in [-0.25, -0.2) is 0 Å². The highest BCUT2D eigenvalue weighted by atomic mass is 16.6. The second-order valence-corrected chi connectivity index (χ2v) is 21.7. The van der Waals surface area contributed by atoms with Crippen molar-refractivity contribution in [3.8, 4) is 0 Å². The topological polar surface area (TPSA) is 78.9 Å². The van der Waals surface area contributed by atoms with Crippen LogP contribution in [0, 0.1) is 0 Å². The van der Waals surface area contributed by atoms with Crippen molar-refractivity contribution in [1.82, 2.24) is 0 Å². The van der Waals surface area contributed by atoms with Crippen LogP contribution < -0.4 is 0 Å². The molecule has 0 bridgehead atoms. The monoisotopic (exact) mass is 1020 g/mol. The number of rotatable bonds is 59. The Labute approximate surface area is 454 Å². The summed E-state index contributed by atoms with van der Waals surface area (Å²) in [5, 5.41) is 0. The maximum absolute atomic E-state index is 12.9. The first-order chi connectivity index (χ1) is 36.0. The van der Waals surface area contributed by atoms with E-state index in [2.05, 4.69) is 69.4 Å². The minimum atomic E-state index is -0.773. The average Bonchev–Trinajstić information content (AvgIpc) is 3.39. The average molecular weight is 1020 g/mol. The zero-order valence-electron chi connectivity index (χ0n) is 48.9. The highest BCUT2D eigenvalue weighted by Crippen LogP contribution is 2.17. The van der Waals surface area contributed by atoms with Crippen molar-refractivity contribution in [3.05, 3.63) is 48.6 Å². The molecule has 426 valence electrons. The van der Waals surface area contributed by atoms with E-state index in [1.54, 1.807) is 0 Å². The third-order valence-corrected chi connectivity index (χ3v) is 14.3. The van der Waals surface area contributed by atoms with Gasteiger partial charge in [-0.15, -0.1) is 0 Å². The van der Waals surface area contributed by atoms with E-state index in [1.165, 1.54) is 231 Å². The largest absolute Gasteiger partial charge is 0.462 e. The lowest BCUT2D eigenvalue weighted by atomic mass is 10.0. The van der Waals surface area contributed by atoms with Crippen LogP contribution in [0.25, 0.3) is 0 Å². The number of allylic oxidation sites excluding steroid dienone is 8. The molecular formula is C67H122O6. The molecule has 0 spiro atoms. The Kier molecular flexibility index (Phi) is 59.7. The van der Waals surface area contributed by atoms with Crippen molar-refractivity contribution in [2.45, 2.75) is 348 Å². The van der Waals surface area contributed by atoms with E-state index in [0.717, 1.165) is 70.6 Å². The molecule has 0 amide bonds. The Bertz CT molecular complexity index is 1270. The Morgan fingerprint density at radius 2 is 0.493 bits per heavy atom. The van der Waals surface area contributed by atoms with Crippen LogP contribution in [0.5, 0.6) is 0 Å². The van der Waals surface area contributed by atoms with Crippen LogP contribution in [0.15, 0.2) is 48.6 Å². The van der Waals surface area contributed by atoms with E-state index < -0.39 is 6.10 Å². The number of hydrogen-bond acceptors (Lipinski definition) is 6. The molecule has 1 unspecified atom stereocenters. The minimum Gasteiger partial charge on any atom is -0.462 e. The Balaban J connectivity index is 4.21. The summed E-state index contributed by atoms with van der Waals surface area (Å²) in [5.41, 5.74) is 0. The molecule has 0 aliphatic carbocycles. The lowest BCUT2D eigenvalue weighted by molar-refractivity contribution is -0.167. The normalized spacial score (nSPS) is 12.3. The first kappa shape index (κ1) is 70.4. The van der Waals surface area contributed by atoms with E-state index in [1.807, 2.05) is 0 Å². The summed E-state index contributed by atoms with van der Waals surface area (Å²) >= 11 is 0. The van der Waals surface area contributed by atoms with Gasteiger partial charge in [0.1, 0.15) is 13.2 Å². The van der Waals surface area contributed by atoms with E-state index in [-0.39, 0.29) is 31.1 Å². The van der Waals surface area contributed by atoms with Crippen LogP contribution in [0.1, 0.15) is 342 Å². The lowest BCUT2D eigenvalue weighted by Crippen LogP contribution is -2.30. The maximum Gasteiger partial charge on any atom is 0.306 e. The minimum absolute atomic E-state index is 0.0714. The molecule has 73 heavy (non-hydrogen) atoms. The second kappa shape index (κ2) is 61.9. The predicted octanol–water partition coefficient (Wildman–Crippen LogP) is 21.8. The molecule has 0 aliphatic heterocycles. The number of esters is 3. The van der Waals surface area contributed by atoms with Crippen molar-refractivity contribution in [1.29, 1.82) is 0 Å². The summed E-state index contributed by atoms with van der Waals surface area (Å²) < 4.78 is 16.9.